The summed E-state index contributed by atoms with van der Waals surface area (Å²) in [6.45, 7) is 1.68. The Morgan fingerprint density at radius 2 is 2.19 bits per heavy atom. The molecule has 0 atom stereocenters. The van der Waals surface area contributed by atoms with Crippen molar-refractivity contribution in [3.05, 3.63) is 41.2 Å². The maximum Gasteiger partial charge on any atom is 0.281 e. The molecule has 1 aromatic carbocycles. The number of nitrogens with two attached hydrogens (primary N) is 1. The third-order valence-electron chi connectivity index (χ3n) is 2.94. The van der Waals surface area contributed by atoms with Gasteiger partial charge in [0.15, 0.2) is 10.8 Å². The van der Waals surface area contributed by atoms with Gasteiger partial charge in [0.2, 0.25) is 5.03 Å². The fourth-order valence-electron chi connectivity index (χ4n) is 1.95. The Hall–Kier alpha value is -2.13. The molecule has 2 aromatic heterocycles. The molecule has 0 amide bonds. The van der Waals surface area contributed by atoms with Crippen molar-refractivity contribution in [2.45, 2.75) is 11.9 Å². The normalized spacial score (nSPS) is 11.9. The molecule has 0 fully saturated rings. The second kappa shape index (κ2) is 4.71. The predicted octanol–water partition coefficient (Wildman–Crippen LogP) is 2.23. The van der Waals surface area contributed by atoms with Crippen LogP contribution in [0, 0.1) is 12.7 Å². The topological polar surface area (TPSA) is 89.5 Å². The van der Waals surface area contributed by atoms with E-state index in [2.05, 4.69) is 9.71 Å². The molecule has 0 spiro atoms. The Morgan fingerprint density at radius 1 is 1.43 bits per heavy atom. The van der Waals surface area contributed by atoms with Gasteiger partial charge in [0.05, 0.1) is 5.69 Å². The smallest absolute Gasteiger partial charge is 0.281 e. The van der Waals surface area contributed by atoms with E-state index in [1.165, 1.54) is 27.9 Å². The number of hydrogen-bond acceptors (Lipinski definition) is 5. The summed E-state index contributed by atoms with van der Waals surface area (Å²) in [7, 11) is -3.97. The number of aromatic nitrogens is 2. The number of sulfonamides is 1. The first kappa shape index (κ1) is 13.8. The zero-order chi connectivity index (χ0) is 15.2. The Bertz CT molecular complexity index is 930. The molecule has 0 bridgehead atoms. The zero-order valence-electron chi connectivity index (χ0n) is 10.9. The van der Waals surface area contributed by atoms with Crippen LogP contribution in [-0.4, -0.2) is 17.8 Å². The van der Waals surface area contributed by atoms with E-state index >= 15 is 0 Å². The van der Waals surface area contributed by atoms with Gasteiger partial charge >= 0.3 is 0 Å². The molecule has 0 saturated heterocycles. The SMILES string of the molecule is Cc1ccc(F)cc1NS(=O)(=O)c1c(N)nc2sccn12. The minimum Gasteiger partial charge on any atom is -0.381 e. The highest BCUT2D eigenvalue weighted by Crippen LogP contribution is 2.26. The maximum atomic E-state index is 13.3. The number of rotatable bonds is 3. The van der Waals surface area contributed by atoms with Crippen LogP contribution in [0.4, 0.5) is 15.9 Å². The van der Waals surface area contributed by atoms with Gasteiger partial charge in [0.1, 0.15) is 5.82 Å². The summed E-state index contributed by atoms with van der Waals surface area (Å²) in [6, 6.07) is 3.87. The van der Waals surface area contributed by atoms with Gasteiger partial charge in [-0.3, -0.25) is 9.12 Å². The van der Waals surface area contributed by atoms with Crippen molar-refractivity contribution in [2.75, 3.05) is 10.5 Å². The van der Waals surface area contributed by atoms with Crippen molar-refractivity contribution >= 4 is 37.8 Å². The molecule has 3 N–H and O–H groups in total. The Labute approximate surface area is 124 Å². The van der Waals surface area contributed by atoms with E-state index in [4.69, 9.17) is 5.73 Å². The quantitative estimate of drug-likeness (QED) is 0.772. The van der Waals surface area contributed by atoms with E-state index in [1.54, 1.807) is 18.5 Å². The summed E-state index contributed by atoms with van der Waals surface area (Å²) in [5, 5.41) is 1.55. The number of thiazole rings is 1. The minimum absolute atomic E-state index is 0.0941. The second-order valence-corrected chi connectivity index (χ2v) is 6.89. The average molecular weight is 326 g/mol. The lowest BCUT2D eigenvalue weighted by atomic mass is 10.2. The number of imidazole rings is 1. The standard InChI is InChI=1S/C12H11FN4O2S2/c1-7-2-3-8(13)6-9(7)16-21(18,19)11-10(14)15-12-17(11)4-5-20-12/h2-6,16H,14H2,1H3. The van der Waals surface area contributed by atoms with Crippen LogP contribution in [-0.2, 0) is 10.0 Å². The lowest BCUT2D eigenvalue weighted by Gasteiger charge is -2.10. The van der Waals surface area contributed by atoms with Crippen LogP contribution in [0.2, 0.25) is 0 Å². The molecule has 2 heterocycles. The van der Waals surface area contributed by atoms with Gasteiger partial charge in [-0.05, 0) is 24.6 Å². The van der Waals surface area contributed by atoms with Crippen LogP contribution >= 0.6 is 11.3 Å². The van der Waals surface area contributed by atoms with Gasteiger partial charge in [-0.25, -0.2) is 9.37 Å². The number of aryl methyl sites for hydroxylation is 1. The van der Waals surface area contributed by atoms with Crippen LogP contribution in [0.25, 0.3) is 4.96 Å². The summed E-state index contributed by atoms with van der Waals surface area (Å²) >= 11 is 1.27. The molecular weight excluding hydrogens is 315 g/mol. The number of halogens is 1. The Balaban J connectivity index is 2.10. The molecular formula is C12H11FN4O2S2. The highest BCUT2D eigenvalue weighted by Gasteiger charge is 2.25. The second-order valence-electron chi connectivity index (χ2n) is 4.42. The average Bonchev–Trinajstić information content (AvgIpc) is 2.92. The molecule has 0 saturated carbocycles. The van der Waals surface area contributed by atoms with Gasteiger partial charge < -0.3 is 5.73 Å². The van der Waals surface area contributed by atoms with E-state index in [1.807, 2.05) is 0 Å². The van der Waals surface area contributed by atoms with Gasteiger partial charge in [0.25, 0.3) is 10.0 Å². The first-order valence-electron chi connectivity index (χ1n) is 5.88. The molecule has 6 nitrogen and oxygen atoms in total. The molecule has 0 aliphatic rings. The van der Waals surface area contributed by atoms with Crippen LogP contribution in [0.5, 0.6) is 0 Å². The molecule has 110 valence electrons. The van der Waals surface area contributed by atoms with Crippen molar-refractivity contribution in [1.82, 2.24) is 9.38 Å². The molecule has 0 unspecified atom stereocenters. The fraction of sp³-hybridized carbons (Fsp3) is 0.0833. The van der Waals surface area contributed by atoms with Crippen LogP contribution in [0.1, 0.15) is 5.56 Å². The van der Waals surface area contributed by atoms with E-state index in [0.717, 1.165) is 6.07 Å². The first-order chi connectivity index (χ1) is 9.88. The largest absolute Gasteiger partial charge is 0.381 e. The Morgan fingerprint density at radius 3 is 2.95 bits per heavy atom. The monoisotopic (exact) mass is 326 g/mol. The first-order valence-corrected chi connectivity index (χ1v) is 8.25. The molecule has 0 aliphatic carbocycles. The van der Waals surface area contributed by atoms with E-state index in [0.29, 0.717) is 10.5 Å². The zero-order valence-corrected chi connectivity index (χ0v) is 12.5. The maximum absolute atomic E-state index is 13.3. The highest BCUT2D eigenvalue weighted by atomic mass is 32.2. The van der Waals surface area contributed by atoms with E-state index in [-0.39, 0.29) is 16.5 Å². The number of nitrogens with zero attached hydrogens (tertiary/aromatic N) is 2. The summed E-state index contributed by atoms with van der Waals surface area (Å²) in [5.41, 5.74) is 6.45. The third kappa shape index (κ3) is 2.34. The van der Waals surface area contributed by atoms with Crippen molar-refractivity contribution in [3.8, 4) is 0 Å². The number of anilines is 2. The number of hydrogen-bond donors (Lipinski definition) is 2. The van der Waals surface area contributed by atoms with Crippen molar-refractivity contribution < 1.29 is 12.8 Å². The molecule has 21 heavy (non-hydrogen) atoms. The molecule has 3 aromatic rings. The third-order valence-corrected chi connectivity index (χ3v) is 5.10. The van der Waals surface area contributed by atoms with E-state index in [9.17, 15) is 12.8 Å². The van der Waals surface area contributed by atoms with Crippen molar-refractivity contribution in [2.24, 2.45) is 0 Å². The molecule has 9 heteroatoms. The molecule has 0 aliphatic heterocycles. The van der Waals surface area contributed by atoms with Crippen LogP contribution < -0.4 is 10.5 Å². The van der Waals surface area contributed by atoms with Gasteiger partial charge in [-0.2, -0.15) is 8.42 Å². The highest BCUT2D eigenvalue weighted by molar-refractivity contribution is 7.92. The van der Waals surface area contributed by atoms with Gasteiger partial charge in [-0.15, -0.1) is 11.3 Å². The van der Waals surface area contributed by atoms with Crippen molar-refractivity contribution in [3.63, 3.8) is 0 Å². The van der Waals surface area contributed by atoms with E-state index < -0.39 is 15.8 Å². The lowest BCUT2D eigenvalue weighted by molar-refractivity contribution is 0.597. The van der Waals surface area contributed by atoms with Crippen molar-refractivity contribution in [1.29, 1.82) is 0 Å². The summed E-state index contributed by atoms with van der Waals surface area (Å²) in [4.78, 5) is 4.46. The van der Waals surface area contributed by atoms with Crippen LogP contribution in [0.15, 0.2) is 34.8 Å². The lowest BCUT2D eigenvalue weighted by Crippen LogP contribution is -2.17. The predicted molar refractivity (Wildman–Crippen MR) is 79.4 cm³/mol. The summed E-state index contributed by atoms with van der Waals surface area (Å²) in [6.07, 6.45) is 1.57. The van der Waals surface area contributed by atoms with Gasteiger partial charge in [0, 0.05) is 11.6 Å². The Kier molecular flexibility index (Phi) is 3.10. The van der Waals surface area contributed by atoms with Gasteiger partial charge in [-0.1, -0.05) is 6.07 Å². The summed E-state index contributed by atoms with van der Waals surface area (Å²) in [5.74, 6) is -0.622. The molecule has 3 rings (SSSR count). The number of benzene rings is 1. The number of nitrogens with one attached hydrogen (secondary N) is 1. The molecule has 0 radical (unpaired) electrons. The number of fused-ring (bicyclic) bond motifs is 1. The van der Waals surface area contributed by atoms with Crippen LogP contribution in [0.3, 0.4) is 0 Å². The fourth-order valence-corrected chi connectivity index (χ4v) is 4.06. The minimum atomic E-state index is -3.97. The number of nitrogen functional groups attached to an aromatic ring is 1. The summed E-state index contributed by atoms with van der Waals surface area (Å²) < 4.78 is 42.0.